The van der Waals surface area contributed by atoms with Crippen molar-refractivity contribution in [3.8, 4) is 0 Å². The molecule has 0 bridgehead atoms. The number of carbonyl (C=O) groups excluding carboxylic acids is 1. The molecule has 158 valence electrons. The number of rotatable bonds is 3. The van der Waals surface area contributed by atoms with E-state index in [2.05, 4.69) is 31.2 Å². The zero-order chi connectivity index (χ0) is 22.5. The Bertz CT molecular complexity index is 1410. The summed E-state index contributed by atoms with van der Waals surface area (Å²) in [4.78, 5) is 36.8. The largest absolute Gasteiger partial charge is 0.476 e. The monoisotopic (exact) mass is 418 g/mol. The number of nitrogens with zero attached hydrogens (tertiary/aromatic N) is 3. The van der Waals surface area contributed by atoms with Crippen LogP contribution in [0.2, 0.25) is 0 Å². The first-order valence-corrected chi connectivity index (χ1v) is 9.74. The average molecular weight is 418 g/mol. The summed E-state index contributed by atoms with van der Waals surface area (Å²) < 4.78 is 2.75. The van der Waals surface area contributed by atoms with Gasteiger partial charge < -0.3 is 15.0 Å². The summed E-state index contributed by atoms with van der Waals surface area (Å²) in [5.41, 5.74) is 2.38. The number of hydrogen-bond acceptors (Lipinski definition) is 4. The first-order valence-electron chi connectivity index (χ1n) is 9.74. The van der Waals surface area contributed by atoms with Gasteiger partial charge in [-0.1, -0.05) is 32.9 Å². The molecule has 2 aromatic heterocycles. The minimum Gasteiger partial charge on any atom is -0.476 e. The number of fused-ring (bicyclic) bond motifs is 2. The van der Waals surface area contributed by atoms with Crippen molar-refractivity contribution in [2.45, 2.75) is 26.2 Å². The van der Waals surface area contributed by atoms with E-state index in [0.717, 1.165) is 10.1 Å². The van der Waals surface area contributed by atoms with Crippen molar-refractivity contribution in [3.63, 3.8) is 0 Å². The van der Waals surface area contributed by atoms with Crippen LogP contribution in [0.3, 0.4) is 0 Å². The van der Waals surface area contributed by atoms with Crippen LogP contribution in [0.25, 0.3) is 16.6 Å². The zero-order valence-electron chi connectivity index (χ0n) is 17.6. The summed E-state index contributed by atoms with van der Waals surface area (Å²) in [6, 6.07) is 13.7. The van der Waals surface area contributed by atoms with Crippen molar-refractivity contribution < 1.29 is 14.7 Å². The number of anilines is 1. The van der Waals surface area contributed by atoms with Crippen molar-refractivity contribution in [3.05, 3.63) is 75.7 Å². The number of carboxylic acids is 1. The number of carboxylic acid groups (broad SMARTS) is 1. The third kappa shape index (κ3) is 3.56. The Hall–Kier alpha value is -3.94. The summed E-state index contributed by atoms with van der Waals surface area (Å²) in [7, 11) is 1.72. The van der Waals surface area contributed by atoms with E-state index < -0.39 is 11.5 Å². The van der Waals surface area contributed by atoms with E-state index in [-0.39, 0.29) is 17.0 Å². The van der Waals surface area contributed by atoms with Crippen LogP contribution in [-0.2, 0) is 12.5 Å². The summed E-state index contributed by atoms with van der Waals surface area (Å²) >= 11 is 0. The van der Waals surface area contributed by atoms with E-state index in [1.165, 1.54) is 6.07 Å². The lowest BCUT2D eigenvalue weighted by Crippen LogP contribution is -2.19. The molecule has 2 aromatic carbocycles. The number of carbonyl (C=O) groups is 2. The molecule has 0 fully saturated rings. The molecule has 0 saturated heterocycles. The average Bonchev–Trinajstić information content (AvgIpc) is 3.18. The number of aromatic nitrogens is 3. The highest BCUT2D eigenvalue weighted by molar-refractivity contribution is 6.05. The molecule has 8 nitrogen and oxygen atoms in total. The summed E-state index contributed by atoms with van der Waals surface area (Å²) in [5.74, 6) is -1.50. The van der Waals surface area contributed by atoms with E-state index >= 15 is 0 Å². The Balaban J connectivity index is 1.71. The van der Waals surface area contributed by atoms with Crippen molar-refractivity contribution in [1.82, 2.24) is 14.2 Å². The highest BCUT2D eigenvalue weighted by atomic mass is 16.4. The van der Waals surface area contributed by atoms with Crippen LogP contribution in [0.4, 0.5) is 5.69 Å². The van der Waals surface area contributed by atoms with Gasteiger partial charge in [-0.25, -0.2) is 4.79 Å². The van der Waals surface area contributed by atoms with Crippen molar-refractivity contribution in [1.29, 1.82) is 0 Å². The molecule has 0 aliphatic carbocycles. The second-order valence-electron chi connectivity index (χ2n) is 8.48. The first kappa shape index (κ1) is 20.3. The molecule has 4 aromatic rings. The molecular weight excluding hydrogens is 396 g/mol. The normalized spacial score (nSPS) is 11.7. The smallest absolute Gasteiger partial charge is 0.356 e. The summed E-state index contributed by atoms with van der Waals surface area (Å²) in [5, 5.41) is 16.2. The molecule has 0 atom stereocenters. The summed E-state index contributed by atoms with van der Waals surface area (Å²) in [6.07, 6.45) is 0. The van der Waals surface area contributed by atoms with Gasteiger partial charge in [0, 0.05) is 24.4 Å². The maximum atomic E-state index is 12.9. The first-order chi connectivity index (χ1) is 14.6. The van der Waals surface area contributed by atoms with Gasteiger partial charge in [-0.15, -0.1) is 0 Å². The van der Waals surface area contributed by atoms with Gasteiger partial charge in [0.1, 0.15) is 5.65 Å². The molecule has 0 aliphatic rings. The molecule has 0 spiro atoms. The molecule has 0 aliphatic heterocycles. The third-order valence-electron chi connectivity index (χ3n) is 5.30. The van der Waals surface area contributed by atoms with E-state index in [9.17, 15) is 19.5 Å². The standard InChI is InChI=1S/C23H22N4O4/c1-23(2,3)14-7-5-13(6-8-14)20(28)24-15-9-10-18-16(11-15)21(29)27-19(26(18)4)12-17(25-27)22(30)31/h5-12H,1-4H3,(H,24,28)(H,30,31). The van der Waals surface area contributed by atoms with E-state index in [0.29, 0.717) is 27.8 Å². The quantitative estimate of drug-likeness (QED) is 0.530. The lowest BCUT2D eigenvalue weighted by atomic mass is 9.87. The fraction of sp³-hybridized carbons (Fsp3) is 0.217. The number of nitrogens with one attached hydrogen (secondary N) is 1. The predicted molar refractivity (Wildman–Crippen MR) is 118 cm³/mol. The number of aryl methyl sites for hydroxylation is 1. The predicted octanol–water partition coefficient (Wildman–Crippen LogP) is 3.43. The second-order valence-corrected chi connectivity index (χ2v) is 8.48. The summed E-state index contributed by atoms with van der Waals surface area (Å²) in [6.45, 7) is 6.31. The molecule has 2 heterocycles. The Labute approximate surface area is 177 Å². The lowest BCUT2D eigenvalue weighted by Gasteiger charge is -2.19. The van der Waals surface area contributed by atoms with Crippen LogP contribution in [0.1, 0.15) is 47.2 Å². The molecule has 8 heteroatoms. The molecule has 1 amide bonds. The van der Waals surface area contributed by atoms with Crippen LogP contribution in [0, 0.1) is 0 Å². The third-order valence-corrected chi connectivity index (χ3v) is 5.30. The van der Waals surface area contributed by atoms with Crippen LogP contribution < -0.4 is 10.9 Å². The SMILES string of the molecule is Cn1c2ccc(NC(=O)c3ccc(C(C)(C)C)cc3)cc2c(=O)n2nc(C(=O)O)cc12. The van der Waals surface area contributed by atoms with E-state index in [1.54, 1.807) is 41.9 Å². The highest BCUT2D eigenvalue weighted by Crippen LogP contribution is 2.23. The maximum Gasteiger partial charge on any atom is 0.356 e. The minimum atomic E-state index is -1.21. The molecule has 2 N–H and O–H groups in total. The molecule has 4 rings (SSSR count). The van der Waals surface area contributed by atoms with Crippen LogP contribution in [-0.4, -0.2) is 31.2 Å². The number of amides is 1. The van der Waals surface area contributed by atoms with Crippen molar-refractivity contribution in [2.24, 2.45) is 7.05 Å². The van der Waals surface area contributed by atoms with Crippen LogP contribution in [0.5, 0.6) is 0 Å². The Kier molecular flexibility index (Phi) is 4.65. The minimum absolute atomic E-state index is 0.00819. The van der Waals surface area contributed by atoms with Gasteiger partial charge in [0.05, 0.1) is 10.9 Å². The van der Waals surface area contributed by atoms with Gasteiger partial charge in [0.2, 0.25) is 0 Å². The van der Waals surface area contributed by atoms with E-state index in [1.807, 2.05) is 12.1 Å². The topological polar surface area (TPSA) is 106 Å². The van der Waals surface area contributed by atoms with Gasteiger partial charge >= 0.3 is 5.97 Å². The van der Waals surface area contributed by atoms with E-state index in [4.69, 9.17) is 0 Å². The molecule has 0 radical (unpaired) electrons. The van der Waals surface area contributed by atoms with Gasteiger partial charge in [-0.2, -0.15) is 9.61 Å². The van der Waals surface area contributed by atoms with Gasteiger partial charge in [0.15, 0.2) is 5.69 Å². The Morgan fingerprint density at radius 3 is 2.32 bits per heavy atom. The molecule has 0 saturated carbocycles. The van der Waals surface area contributed by atoms with Gasteiger partial charge in [-0.3, -0.25) is 9.59 Å². The van der Waals surface area contributed by atoms with Crippen LogP contribution in [0.15, 0.2) is 53.3 Å². The number of hydrogen-bond donors (Lipinski definition) is 2. The second kappa shape index (κ2) is 7.09. The zero-order valence-corrected chi connectivity index (χ0v) is 17.6. The van der Waals surface area contributed by atoms with Gasteiger partial charge in [0.25, 0.3) is 11.5 Å². The lowest BCUT2D eigenvalue weighted by molar-refractivity contribution is 0.0690. The Morgan fingerprint density at radius 1 is 1.03 bits per heavy atom. The van der Waals surface area contributed by atoms with Crippen molar-refractivity contribution in [2.75, 3.05) is 5.32 Å². The number of aromatic carboxylic acids is 1. The molecular formula is C23H22N4O4. The fourth-order valence-corrected chi connectivity index (χ4v) is 3.50. The molecule has 31 heavy (non-hydrogen) atoms. The number of benzene rings is 2. The maximum absolute atomic E-state index is 12.9. The van der Waals surface area contributed by atoms with Gasteiger partial charge in [-0.05, 0) is 41.3 Å². The molecule has 0 unspecified atom stereocenters. The van der Waals surface area contributed by atoms with Crippen molar-refractivity contribution >= 4 is 34.1 Å². The van der Waals surface area contributed by atoms with Crippen LogP contribution >= 0.6 is 0 Å². The fourth-order valence-electron chi connectivity index (χ4n) is 3.50. The highest BCUT2D eigenvalue weighted by Gasteiger charge is 2.17. The Morgan fingerprint density at radius 2 is 1.71 bits per heavy atom.